The summed E-state index contributed by atoms with van der Waals surface area (Å²) in [6, 6.07) is 4.32. The first-order chi connectivity index (χ1) is 9.88. The van der Waals surface area contributed by atoms with E-state index >= 15 is 0 Å². The quantitative estimate of drug-likeness (QED) is 0.865. The first-order valence-electron chi connectivity index (χ1n) is 7.16. The molecule has 0 N–H and O–H groups in total. The minimum atomic E-state index is 0.544. The molecular weight excluding hydrogens is 270 g/mol. The van der Waals surface area contributed by atoms with E-state index in [4.69, 9.17) is 4.42 Å². The van der Waals surface area contributed by atoms with Crippen molar-refractivity contribution >= 4 is 16.9 Å². The van der Waals surface area contributed by atoms with Gasteiger partial charge in [-0.1, -0.05) is 12.1 Å². The van der Waals surface area contributed by atoms with Gasteiger partial charge in [-0.3, -0.25) is 4.90 Å². The maximum atomic E-state index is 5.73. The molecule has 1 aliphatic carbocycles. The predicted molar refractivity (Wildman–Crippen MR) is 78.5 cm³/mol. The van der Waals surface area contributed by atoms with Gasteiger partial charge in [-0.25, -0.2) is 0 Å². The summed E-state index contributed by atoms with van der Waals surface area (Å²) in [5.74, 6) is 2.15. The summed E-state index contributed by atoms with van der Waals surface area (Å²) in [5.41, 5.74) is 1.47. The zero-order chi connectivity index (χ0) is 13.4. The van der Waals surface area contributed by atoms with Crippen molar-refractivity contribution in [3.8, 4) is 0 Å². The Balaban J connectivity index is 1.38. The number of thiophene rings is 1. The van der Waals surface area contributed by atoms with E-state index in [0.717, 1.165) is 37.8 Å². The first-order valence-corrected chi connectivity index (χ1v) is 8.04. The minimum absolute atomic E-state index is 0.544. The van der Waals surface area contributed by atoms with E-state index in [0.29, 0.717) is 5.92 Å². The molecule has 104 valence electrons. The molecule has 1 saturated carbocycles. The van der Waals surface area contributed by atoms with Gasteiger partial charge >= 0.3 is 0 Å². The normalized spacial score (nSPS) is 20.1. The van der Waals surface area contributed by atoms with Gasteiger partial charge < -0.3 is 4.42 Å². The van der Waals surface area contributed by atoms with Gasteiger partial charge in [-0.15, -0.1) is 21.5 Å². The van der Waals surface area contributed by atoms with E-state index in [1.54, 1.807) is 0 Å². The Morgan fingerprint density at radius 2 is 2.30 bits per heavy atom. The molecule has 0 bridgehead atoms. The summed E-state index contributed by atoms with van der Waals surface area (Å²) in [4.78, 5) is 3.76. The van der Waals surface area contributed by atoms with Crippen molar-refractivity contribution in [2.45, 2.75) is 31.7 Å². The summed E-state index contributed by atoms with van der Waals surface area (Å²) in [5, 5.41) is 10.4. The predicted octanol–water partition coefficient (Wildman–Crippen LogP) is 3.30. The van der Waals surface area contributed by atoms with Gasteiger partial charge in [0.2, 0.25) is 11.8 Å². The highest BCUT2D eigenvalue weighted by molar-refractivity contribution is 7.11. The number of aromatic nitrogens is 2. The molecule has 2 aromatic heterocycles. The summed E-state index contributed by atoms with van der Waals surface area (Å²) in [6.45, 7) is 2.80. The lowest BCUT2D eigenvalue weighted by atomic mass is 10.1. The highest BCUT2D eigenvalue weighted by atomic mass is 32.1. The largest absolute Gasteiger partial charge is 0.424 e. The summed E-state index contributed by atoms with van der Waals surface area (Å²) >= 11 is 1.82. The maximum absolute atomic E-state index is 5.73. The molecule has 4 rings (SSSR count). The van der Waals surface area contributed by atoms with Crippen LogP contribution in [0.25, 0.3) is 5.57 Å². The standard InChI is InChI=1S/C15H17N3OS/c1-2-13(20-9-1)11-5-7-18(8-6-11)10-14-16-17-15(19-14)12-3-4-12/h1-2,5,9,12H,3-4,6-8,10H2. The van der Waals surface area contributed by atoms with Crippen LogP contribution in [0, 0.1) is 0 Å². The van der Waals surface area contributed by atoms with Gasteiger partial charge in [-0.05, 0) is 36.3 Å². The van der Waals surface area contributed by atoms with E-state index in [-0.39, 0.29) is 0 Å². The number of nitrogens with zero attached hydrogens (tertiary/aromatic N) is 3. The highest BCUT2D eigenvalue weighted by Crippen LogP contribution is 2.39. The molecule has 0 radical (unpaired) electrons. The fourth-order valence-electron chi connectivity index (χ4n) is 2.56. The van der Waals surface area contributed by atoms with Gasteiger partial charge in [0, 0.05) is 23.9 Å². The van der Waals surface area contributed by atoms with Crippen LogP contribution < -0.4 is 0 Å². The average Bonchev–Trinajstić information content (AvgIpc) is 3.00. The molecule has 0 aromatic carbocycles. The van der Waals surface area contributed by atoms with Crippen LogP contribution in [0.4, 0.5) is 0 Å². The second kappa shape index (κ2) is 5.14. The van der Waals surface area contributed by atoms with Crippen molar-refractivity contribution in [2.24, 2.45) is 0 Å². The van der Waals surface area contributed by atoms with E-state index < -0.39 is 0 Å². The van der Waals surface area contributed by atoms with Crippen LogP contribution in [-0.4, -0.2) is 28.2 Å². The SMILES string of the molecule is C1=C(c2cccs2)CCN(Cc2nnc(C3CC3)o2)C1. The van der Waals surface area contributed by atoms with Crippen LogP contribution >= 0.6 is 11.3 Å². The molecule has 0 unspecified atom stereocenters. The molecule has 4 nitrogen and oxygen atoms in total. The van der Waals surface area contributed by atoms with E-state index in [1.165, 1.54) is 23.3 Å². The van der Waals surface area contributed by atoms with Crippen LogP contribution in [0.1, 0.15) is 41.8 Å². The third-order valence-electron chi connectivity index (χ3n) is 3.90. The van der Waals surface area contributed by atoms with E-state index in [1.807, 2.05) is 11.3 Å². The Morgan fingerprint density at radius 1 is 1.35 bits per heavy atom. The lowest BCUT2D eigenvalue weighted by Crippen LogP contribution is -2.28. The minimum Gasteiger partial charge on any atom is -0.424 e. The zero-order valence-corrected chi connectivity index (χ0v) is 12.1. The topological polar surface area (TPSA) is 42.2 Å². The lowest BCUT2D eigenvalue weighted by molar-refractivity contribution is 0.258. The molecule has 1 fully saturated rings. The van der Waals surface area contributed by atoms with E-state index in [9.17, 15) is 0 Å². The van der Waals surface area contributed by atoms with Crippen molar-refractivity contribution in [1.82, 2.24) is 15.1 Å². The summed E-state index contributed by atoms with van der Waals surface area (Å²) in [6.07, 6.45) is 5.84. The van der Waals surface area contributed by atoms with Crippen LogP contribution in [0.15, 0.2) is 28.0 Å². The Kier molecular flexibility index (Phi) is 3.16. The Morgan fingerprint density at radius 3 is 3.00 bits per heavy atom. The molecule has 2 aliphatic rings. The second-order valence-electron chi connectivity index (χ2n) is 5.50. The number of hydrogen-bond donors (Lipinski definition) is 0. The Labute approximate surface area is 122 Å². The van der Waals surface area contributed by atoms with Gasteiger partial charge in [0.25, 0.3) is 0 Å². The van der Waals surface area contributed by atoms with Crippen LogP contribution in [0.2, 0.25) is 0 Å². The van der Waals surface area contributed by atoms with Crippen molar-refractivity contribution in [3.05, 3.63) is 40.2 Å². The lowest BCUT2D eigenvalue weighted by Gasteiger charge is -2.24. The van der Waals surface area contributed by atoms with Crippen LogP contribution in [0.3, 0.4) is 0 Å². The summed E-state index contributed by atoms with van der Waals surface area (Å²) in [7, 11) is 0. The third kappa shape index (κ3) is 2.55. The summed E-state index contributed by atoms with van der Waals surface area (Å²) < 4.78 is 5.73. The van der Waals surface area contributed by atoms with Crippen molar-refractivity contribution in [3.63, 3.8) is 0 Å². The van der Waals surface area contributed by atoms with Crippen LogP contribution in [0.5, 0.6) is 0 Å². The fraction of sp³-hybridized carbons (Fsp3) is 0.467. The van der Waals surface area contributed by atoms with Gasteiger partial charge in [-0.2, -0.15) is 0 Å². The molecule has 1 aliphatic heterocycles. The Bertz CT molecular complexity index is 613. The van der Waals surface area contributed by atoms with Gasteiger partial charge in [0.15, 0.2) is 0 Å². The first kappa shape index (κ1) is 12.3. The molecule has 0 saturated heterocycles. The molecule has 5 heteroatoms. The molecule has 20 heavy (non-hydrogen) atoms. The molecular formula is C15H17N3OS. The maximum Gasteiger partial charge on any atom is 0.230 e. The number of rotatable bonds is 4. The van der Waals surface area contributed by atoms with Crippen molar-refractivity contribution in [2.75, 3.05) is 13.1 Å². The monoisotopic (exact) mass is 287 g/mol. The zero-order valence-electron chi connectivity index (χ0n) is 11.3. The molecule has 3 heterocycles. The third-order valence-corrected chi connectivity index (χ3v) is 4.84. The van der Waals surface area contributed by atoms with Gasteiger partial charge in [0.1, 0.15) is 0 Å². The molecule has 2 aromatic rings. The Hall–Kier alpha value is -1.46. The average molecular weight is 287 g/mol. The van der Waals surface area contributed by atoms with Crippen molar-refractivity contribution in [1.29, 1.82) is 0 Å². The smallest absolute Gasteiger partial charge is 0.230 e. The fourth-order valence-corrected chi connectivity index (χ4v) is 3.35. The molecule has 0 amide bonds. The second-order valence-corrected chi connectivity index (χ2v) is 6.45. The number of hydrogen-bond acceptors (Lipinski definition) is 5. The van der Waals surface area contributed by atoms with Crippen LogP contribution in [-0.2, 0) is 6.54 Å². The molecule has 0 atom stereocenters. The molecule has 0 spiro atoms. The van der Waals surface area contributed by atoms with Crippen molar-refractivity contribution < 1.29 is 4.42 Å². The van der Waals surface area contributed by atoms with E-state index in [2.05, 4.69) is 38.7 Å². The van der Waals surface area contributed by atoms with Gasteiger partial charge in [0.05, 0.1) is 6.54 Å². The highest BCUT2D eigenvalue weighted by Gasteiger charge is 2.29.